The van der Waals surface area contributed by atoms with E-state index < -0.39 is 0 Å². The second-order valence-electron chi connectivity index (χ2n) is 9.85. The average molecular weight is 376 g/mol. The number of rotatable bonds is 7. The van der Waals surface area contributed by atoms with E-state index in [9.17, 15) is 5.11 Å². The Kier molecular flexibility index (Phi) is 5.80. The Morgan fingerprint density at radius 2 is 2.15 bits per heavy atom. The van der Waals surface area contributed by atoms with Crippen molar-refractivity contribution in [2.45, 2.75) is 76.4 Å². The monoisotopic (exact) mass is 375 g/mol. The van der Waals surface area contributed by atoms with E-state index in [0.29, 0.717) is 12.0 Å². The van der Waals surface area contributed by atoms with Crippen LogP contribution in [0.5, 0.6) is 0 Å². The van der Waals surface area contributed by atoms with E-state index in [1.807, 2.05) is 0 Å². The fourth-order valence-corrected chi connectivity index (χ4v) is 5.57. The van der Waals surface area contributed by atoms with E-state index in [2.05, 4.69) is 19.1 Å². The lowest BCUT2D eigenvalue weighted by molar-refractivity contribution is -0.130. The van der Waals surface area contributed by atoms with Gasteiger partial charge in [0.1, 0.15) is 6.10 Å². The average Bonchev–Trinajstić information content (AvgIpc) is 3.04. The van der Waals surface area contributed by atoms with Crippen molar-refractivity contribution in [3.63, 3.8) is 0 Å². The van der Waals surface area contributed by atoms with E-state index in [-0.39, 0.29) is 17.6 Å². The fraction of sp³-hybridized carbons (Fsp3) is 0.826. The van der Waals surface area contributed by atoms with Crippen LogP contribution in [-0.2, 0) is 9.47 Å². The second kappa shape index (κ2) is 7.98. The highest BCUT2D eigenvalue weighted by atomic mass is 16.6. The van der Waals surface area contributed by atoms with Gasteiger partial charge in [0.05, 0.1) is 19.8 Å². The van der Waals surface area contributed by atoms with E-state index in [4.69, 9.17) is 15.2 Å². The molecule has 0 aromatic rings. The summed E-state index contributed by atoms with van der Waals surface area (Å²) in [5.74, 6) is 1.42. The molecule has 0 amide bonds. The molecule has 0 aromatic carbocycles. The van der Waals surface area contributed by atoms with Gasteiger partial charge in [-0.3, -0.25) is 0 Å². The second-order valence-corrected chi connectivity index (χ2v) is 9.85. The molecule has 4 rings (SSSR count). The first kappa shape index (κ1) is 19.6. The first-order valence-electron chi connectivity index (χ1n) is 11.0. The van der Waals surface area contributed by atoms with Gasteiger partial charge in [0.15, 0.2) is 0 Å². The third-order valence-corrected chi connectivity index (χ3v) is 7.64. The molecule has 1 heterocycles. The molecule has 4 nitrogen and oxygen atoms in total. The zero-order chi connectivity index (χ0) is 18.9. The summed E-state index contributed by atoms with van der Waals surface area (Å²) >= 11 is 0. The van der Waals surface area contributed by atoms with Gasteiger partial charge in [-0.1, -0.05) is 19.1 Å². The van der Waals surface area contributed by atoms with Gasteiger partial charge in [0, 0.05) is 12.1 Å². The standard InChI is InChI=1S/C23H37NO3/c1-22(20-7-9-23(24,13-20)16-25)8-6-18-11-17(4-5-19(18)12-22)3-2-10-27-21-14-26-15-21/h6,12,17,20-21,25H,2-5,7-11,13-16,24H2,1H3/t17-,20-,22?,23+/m0/s1. The zero-order valence-corrected chi connectivity index (χ0v) is 16.9. The summed E-state index contributed by atoms with van der Waals surface area (Å²) in [7, 11) is 0. The molecule has 0 bridgehead atoms. The largest absolute Gasteiger partial charge is 0.394 e. The van der Waals surface area contributed by atoms with E-state index in [1.54, 1.807) is 11.1 Å². The van der Waals surface area contributed by atoms with Crippen molar-refractivity contribution in [3.8, 4) is 0 Å². The summed E-state index contributed by atoms with van der Waals surface area (Å²) in [6.45, 7) is 4.99. The van der Waals surface area contributed by atoms with Crippen molar-refractivity contribution >= 4 is 0 Å². The van der Waals surface area contributed by atoms with Gasteiger partial charge >= 0.3 is 0 Å². The smallest absolute Gasteiger partial charge is 0.104 e. The lowest BCUT2D eigenvalue weighted by atomic mass is 9.66. The van der Waals surface area contributed by atoms with Crippen LogP contribution in [0.15, 0.2) is 23.3 Å². The van der Waals surface area contributed by atoms with Gasteiger partial charge < -0.3 is 20.3 Å². The van der Waals surface area contributed by atoms with Gasteiger partial charge in [-0.15, -0.1) is 0 Å². The number of aliphatic hydroxyl groups is 1. The van der Waals surface area contributed by atoms with Gasteiger partial charge in [0.2, 0.25) is 0 Å². The Morgan fingerprint density at radius 3 is 2.85 bits per heavy atom. The highest BCUT2D eigenvalue weighted by Crippen LogP contribution is 2.51. The Hall–Kier alpha value is -0.680. The summed E-state index contributed by atoms with van der Waals surface area (Å²) < 4.78 is 11.0. The molecule has 0 aromatic heterocycles. The highest BCUT2D eigenvalue weighted by molar-refractivity contribution is 5.39. The van der Waals surface area contributed by atoms with Crippen molar-refractivity contribution < 1.29 is 14.6 Å². The number of nitrogens with two attached hydrogens (primary N) is 1. The third-order valence-electron chi connectivity index (χ3n) is 7.64. The number of hydrogen-bond acceptors (Lipinski definition) is 4. The van der Waals surface area contributed by atoms with E-state index >= 15 is 0 Å². The van der Waals surface area contributed by atoms with Crippen LogP contribution < -0.4 is 5.73 Å². The summed E-state index contributed by atoms with van der Waals surface area (Å²) in [5, 5.41) is 9.61. The summed E-state index contributed by atoms with van der Waals surface area (Å²) in [5.41, 5.74) is 9.43. The van der Waals surface area contributed by atoms with Crippen molar-refractivity contribution in [3.05, 3.63) is 23.3 Å². The Balaban J connectivity index is 1.27. The number of aliphatic hydroxyl groups excluding tert-OH is 1. The molecule has 4 aliphatic rings. The predicted octanol–water partition coefficient (Wildman–Crippen LogP) is 3.73. The van der Waals surface area contributed by atoms with Crippen LogP contribution in [0.25, 0.3) is 0 Å². The molecule has 152 valence electrons. The minimum Gasteiger partial charge on any atom is -0.394 e. The summed E-state index contributed by atoms with van der Waals surface area (Å²) in [6.07, 6.45) is 15.9. The maximum absolute atomic E-state index is 9.61. The molecule has 1 saturated heterocycles. The zero-order valence-electron chi connectivity index (χ0n) is 16.9. The predicted molar refractivity (Wildman–Crippen MR) is 107 cm³/mol. The Bertz CT molecular complexity index is 596. The van der Waals surface area contributed by atoms with E-state index in [0.717, 1.165) is 51.4 Å². The van der Waals surface area contributed by atoms with Crippen molar-refractivity contribution in [2.24, 2.45) is 23.0 Å². The van der Waals surface area contributed by atoms with E-state index in [1.165, 1.54) is 32.1 Å². The maximum atomic E-state index is 9.61. The normalized spacial score (nSPS) is 39.5. The molecule has 1 unspecified atom stereocenters. The number of ether oxygens (including phenoxy) is 2. The molecule has 0 spiro atoms. The molecule has 1 aliphatic heterocycles. The minimum absolute atomic E-state index is 0.121. The molecule has 4 heteroatoms. The SMILES string of the molecule is CC1([C@H]2CC[C@](N)(CO)C2)C=C2CC[C@H](CCCOC3COC3)CC2=CC1. The highest BCUT2D eigenvalue weighted by Gasteiger charge is 2.44. The summed E-state index contributed by atoms with van der Waals surface area (Å²) in [4.78, 5) is 0. The van der Waals surface area contributed by atoms with Gasteiger partial charge in [0.25, 0.3) is 0 Å². The molecular formula is C23H37NO3. The Labute approximate surface area is 164 Å². The van der Waals surface area contributed by atoms with Crippen molar-refractivity contribution in [1.29, 1.82) is 0 Å². The molecule has 2 saturated carbocycles. The quantitative estimate of drug-likeness (QED) is 0.666. The molecule has 4 atom stereocenters. The van der Waals surface area contributed by atoms with Crippen LogP contribution in [0.2, 0.25) is 0 Å². The molecule has 27 heavy (non-hydrogen) atoms. The first-order chi connectivity index (χ1) is 13.0. The molecule has 0 radical (unpaired) electrons. The van der Waals surface area contributed by atoms with Crippen LogP contribution >= 0.6 is 0 Å². The molecule has 3 N–H and O–H groups in total. The number of hydrogen-bond donors (Lipinski definition) is 2. The maximum Gasteiger partial charge on any atom is 0.104 e. The number of allylic oxidation sites excluding steroid dienone is 4. The fourth-order valence-electron chi connectivity index (χ4n) is 5.57. The number of fused-ring (bicyclic) bond motifs is 1. The third kappa shape index (κ3) is 4.34. The van der Waals surface area contributed by atoms with Crippen LogP contribution in [0.4, 0.5) is 0 Å². The van der Waals surface area contributed by atoms with Crippen LogP contribution in [0, 0.1) is 17.3 Å². The van der Waals surface area contributed by atoms with Crippen LogP contribution in [-0.4, -0.2) is 43.2 Å². The van der Waals surface area contributed by atoms with Crippen molar-refractivity contribution in [2.75, 3.05) is 26.4 Å². The van der Waals surface area contributed by atoms with Crippen molar-refractivity contribution in [1.82, 2.24) is 0 Å². The van der Waals surface area contributed by atoms with Crippen LogP contribution in [0.1, 0.15) is 64.7 Å². The Morgan fingerprint density at radius 1 is 1.30 bits per heavy atom. The lowest BCUT2D eigenvalue weighted by Gasteiger charge is -2.39. The van der Waals surface area contributed by atoms with Gasteiger partial charge in [-0.2, -0.15) is 0 Å². The van der Waals surface area contributed by atoms with Crippen LogP contribution in [0.3, 0.4) is 0 Å². The topological polar surface area (TPSA) is 64.7 Å². The first-order valence-corrected chi connectivity index (χ1v) is 11.0. The van der Waals surface area contributed by atoms with Gasteiger partial charge in [-0.25, -0.2) is 0 Å². The lowest BCUT2D eigenvalue weighted by Crippen LogP contribution is -2.42. The molecule has 3 fully saturated rings. The minimum atomic E-state index is -0.346. The van der Waals surface area contributed by atoms with Gasteiger partial charge in [-0.05, 0) is 86.2 Å². The summed E-state index contributed by atoms with van der Waals surface area (Å²) in [6, 6.07) is 0. The molecular weight excluding hydrogens is 338 g/mol. The molecule has 3 aliphatic carbocycles.